The first-order valence-electron chi connectivity index (χ1n) is 11.0. The molecule has 0 atom stereocenters. The summed E-state index contributed by atoms with van der Waals surface area (Å²) in [5, 5.41) is 6.25. The minimum atomic E-state index is 0.0906. The van der Waals surface area contributed by atoms with Crippen LogP contribution < -0.4 is 10.6 Å². The van der Waals surface area contributed by atoms with Gasteiger partial charge in [-0.05, 0) is 50.5 Å². The van der Waals surface area contributed by atoms with Crippen LogP contribution in [0.2, 0.25) is 0 Å². The minimum Gasteiger partial charge on any atom is -0.356 e. The average Bonchev–Trinajstić information content (AvgIpc) is 2.71. The van der Waals surface area contributed by atoms with Gasteiger partial charge in [0, 0.05) is 32.1 Å². The van der Waals surface area contributed by atoms with E-state index in [0.717, 1.165) is 45.2 Å². The second-order valence-electron chi connectivity index (χ2n) is 8.50. The van der Waals surface area contributed by atoms with Gasteiger partial charge in [-0.2, -0.15) is 0 Å². The van der Waals surface area contributed by atoms with Crippen molar-refractivity contribution in [2.24, 2.45) is 5.92 Å². The van der Waals surface area contributed by atoms with Gasteiger partial charge < -0.3 is 15.5 Å². The van der Waals surface area contributed by atoms with Crippen LogP contribution in [-0.4, -0.2) is 42.5 Å². The Labute approximate surface area is 169 Å². The second kappa shape index (κ2) is 10.5. The Hall–Kier alpha value is -2.04. The number of piperidine rings is 1. The highest BCUT2D eigenvalue weighted by Gasteiger charge is 2.26. The first-order valence-corrected chi connectivity index (χ1v) is 11.0. The molecule has 1 aromatic carbocycles. The van der Waals surface area contributed by atoms with E-state index in [4.69, 9.17) is 0 Å². The number of urea groups is 1. The predicted octanol–water partition coefficient (Wildman–Crippen LogP) is 3.80. The summed E-state index contributed by atoms with van der Waals surface area (Å²) in [6.45, 7) is 4.29. The van der Waals surface area contributed by atoms with Gasteiger partial charge in [0.15, 0.2) is 0 Å². The third kappa shape index (κ3) is 6.54. The van der Waals surface area contributed by atoms with Crippen molar-refractivity contribution in [3.63, 3.8) is 0 Å². The SMILES string of the molecule is Cc1ccc(CCNC(=O)CC2CCN(C(=O)NC3CCCCC3)CC2)cc1. The van der Waals surface area contributed by atoms with Crippen molar-refractivity contribution in [1.82, 2.24) is 15.5 Å². The number of nitrogens with zero attached hydrogens (tertiary/aromatic N) is 1. The molecule has 28 heavy (non-hydrogen) atoms. The molecule has 2 fully saturated rings. The van der Waals surface area contributed by atoms with E-state index in [1.54, 1.807) is 0 Å². The summed E-state index contributed by atoms with van der Waals surface area (Å²) in [7, 11) is 0. The molecule has 5 nitrogen and oxygen atoms in total. The van der Waals surface area contributed by atoms with Crippen molar-refractivity contribution >= 4 is 11.9 Å². The molecule has 0 bridgehead atoms. The summed E-state index contributed by atoms with van der Waals surface area (Å²) in [5.41, 5.74) is 2.51. The van der Waals surface area contributed by atoms with Crippen LogP contribution >= 0.6 is 0 Å². The van der Waals surface area contributed by atoms with Gasteiger partial charge in [-0.15, -0.1) is 0 Å². The molecule has 0 spiro atoms. The summed E-state index contributed by atoms with van der Waals surface area (Å²) in [5.74, 6) is 0.523. The number of nitrogens with one attached hydrogen (secondary N) is 2. The number of hydrogen-bond donors (Lipinski definition) is 2. The Morgan fingerprint density at radius 2 is 1.68 bits per heavy atom. The summed E-state index contributed by atoms with van der Waals surface area (Å²) >= 11 is 0. The molecule has 3 rings (SSSR count). The summed E-state index contributed by atoms with van der Waals surface area (Å²) < 4.78 is 0. The lowest BCUT2D eigenvalue weighted by molar-refractivity contribution is -0.122. The molecule has 1 aromatic rings. The maximum absolute atomic E-state index is 12.4. The van der Waals surface area contributed by atoms with Gasteiger partial charge in [0.25, 0.3) is 0 Å². The quantitative estimate of drug-likeness (QED) is 0.782. The number of rotatable bonds is 6. The summed E-state index contributed by atoms with van der Waals surface area (Å²) in [4.78, 5) is 26.6. The van der Waals surface area contributed by atoms with Crippen molar-refractivity contribution in [2.45, 2.75) is 70.8 Å². The fourth-order valence-electron chi connectivity index (χ4n) is 4.29. The van der Waals surface area contributed by atoms with Gasteiger partial charge in [-0.25, -0.2) is 4.79 Å². The molecule has 154 valence electrons. The number of amides is 3. The number of carbonyl (C=O) groups is 2. The Morgan fingerprint density at radius 3 is 2.36 bits per heavy atom. The Morgan fingerprint density at radius 1 is 1.00 bits per heavy atom. The molecular formula is C23H35N3O2. The van der Waals surface area contributed by atoms with E-state index in [1.165, 1.54) is 30.4 Å². The number of carbonyl (C=O) groups excluding carboxylic acids is 2. The van der Waals surface area contributed by atoms with Gasteiger partial charge in [-0.3, -0.25) is 4.79 Å². The van der Waals surface area contributed by atoms with Crippen LogP contribution in [0.4, 0.5) is 4.79 Å². The van der Waals surface area contributed by atoms with E-state index in [0.29, 0.717) is 24.9 Å². The van der Waals surface area contributed by atoms with E-state index in [9.17, 15) is 9.59 Å². The van der Waals surface area contributed by atoms with Crippen LogP contribution in [0, 0.1) is 12.8 Å². The highest BCUT2D eigenvalue weighted by atomic mass is 16.2. The molecule has 2 N–H and O–H groups in total. The number of likely N-dealkylation sites (tertiary alicyclic amines) is 1. The van der Waals surface area contributed by atoms with Crippen LogP contribution in [0.3, 0.4) is 0 Å². The zero-order chi connectivity index (χ0) is 19.8. The molecule has 2 aliphatic rings. The Kier molecular flexibility index (Phi) is 7.75. The van der Waals surface area contributed by atoms with Crippen LogP contribution in [0.15, 0.2) is 24.3 Å². The fraction of sp³-hybridized carbons (Fsp3) is 0.652. The maximum Gasteiger partial charge on any atom is 0.317 e. The zero-order valence-corrected chi connectivity index (χ0v) is 17.2. The highest BCUT2D eigenvalue weighted by molar-refractivity contribution is 5.76. The number of hydrogen-bond acceptors (Lipinski definition) is 2. The van der Waals surface area contributed by atoms with Crippen molar-refractivity contribution in [3.05, 3.63) is 35.4 Å². The topological polar surface area (TPSA) is 61.4 Å². The van der Waals surface area contributed by atoms with Gasteiger partial charge in [0.2, 0.25) is 5.91 Å². The van der Waals surface area contributed by atoms with Gasteiger partial charge in [-0.1, -0.05) is 49.1 Å². The summed E-state index contributed by atoms with van der Waals surface area (Å²) in [6.07, 6.45) is 9.27. The third-order valence-corrected chi connectivity index (χ3v) is 6.17. The van der Waals surface area contributed by atoms with Crippen molar-refractivity contribution in [1.29, 1.82) is 0 Å². The van der Waals surface area contributed by atoms with Crippen molar-refractivity contribution in [2.75, 3.05) is 19.6 Å². The van der Waals surface area contributed by atoms with Crippen molar-refractivity contribution < 1.29 is 9.59 Å². The van der Waals surface area contributed by atoms with Gasteiger partial charge in [0.05, 0.1) is 0 Å². The van der Waals surface area contributed by atoms with E-state index < -0.39 is 0 Å². The number of benzene rings is 1. The molecule has 5 heteroatoms. The first kappa shape index (κ1) is 20.7. The van der Waals surface area contributed by atoms with Crippen LogP contribution in [0.25, 0.3) is 0 Å². The first-order chi connectivity index (χ1) is 13.6. The fourth-order valence-corrected chi connectivity index (χ4v) is 4.29. The molecule has 1 saturated carbocycles. The van der Waals surface area contributed by atoms with E-state index in [1.807, 2.05) is 4.90 Å². The molecule has 3 amide bonds. The lowest BCUT2D eigenvalue weighted by atomic mass is 9.93. The molecule has 0 unspecified atom stereocenters. The highest BCUT2D eigenvalue weighted by Crippen LogP contribution is 2.22. The largest absolute Gasteiger partial charge is 0.356 e. The molecule has 1 aliphatic carbocycles. The van der Waals surface area contributed by atoms with Crippen molar-refractivity contribution in [3.8, 4) is 0 Å². The van der Waals surface area contributed by atoms with Gasteiger partial charge >= 0.3 is 6.03 Å². The molecule has 0 radical (unpaired) electrons. The smallest absolute Gasteiger partial charge is 0.317 e. The average molecular weight is 386 g/mol. The lowest BCUT2D eigenvalue weighted by Crippen LogP contribution is -2.48. The van der Waals surface area contributed by atoms with E-state index in [-0.39, 0.29) is 11.9 Å². The molecular weight excluding hydrogens is 350 g/mol. The maximum atomic E-state index is 12.4. The van der Waals surface area contributed by atoms with E-state index in [2.05, 4.69) is 41.8 Å². The lowest BCUT2D eigenvalue weighted by Gasteiger charge is -2.33. The molecule has 1 heterocycles. The predicted molar refractivity (Wildman–Crippen MR) is 112 cm³/mol. The van der Waals surface area contributed by atoms with E-state index >= 15 is 0 Å². The zero-order valence-electron chi connectivity index (χ0n) is 17.2. The Bertz CT molecular complexity index is 630. The van der Waals surface area contributed by atoms with Crippen LogP contribution in [0.1, 0.15) is 62.5 Å². The number of aryl methyl sites for hydroxylation is 1. The normalized spacial score (nSPS) is 18.7. The summed E-state index contributed by atoms with van der Waals surface area (Å²) in [6, 6.07) is 8.90. The third-order valence-electron chi connectivity index (χ3n) is 6.17. The molecule has 1 aliphatic heterocycles. The minimum absolute atomic E-state index is 0.0906. The molecule has 1 saturated heterocycles. The molecule has 0 aromatic heterocycles. The second-order valence-corrected chi connectivity index (χ2v) is 8.50. The Balaban J connectivity index is 1.30. The van der Waals surface area contributed by atoms with Crippen LogP contribution in [0.5, 0.6) is 0 Å². The van der Waals surface area contributed by atoms with Gasteiger partial charge in [0.1, 0.15) is 0 Å². The van der Waals surface area contributed by atoms with Crippen LogP contribution in [-0.2, 0) is 11.2 Å². The standard InChI is InChI=1S/C23H35N3O2/c1-18-7-9-19(10-8-18)11-14-24-22(27)17-20-12-15-26(16-13-20)23(28)25-21-5-3-2-4-6-21/h7-10,20-21H,2-6,11-17H2,1H3,(H,24,27)(H,25,28). The monoisotopic (exact) mass is 385 g/mol.